The summed E-state index contributed by atoms with van der Waals surface area (Å²) in [6.45, 7) is 0.0380. The minimum absolute atomic E-state index is 0.0380. The molecule has 5 nitrogen and oxygen atoms in total. The molecule has 0 fully saturated rings. The van der Waals surface area contributed by atoms with E-state index in [0.29, 0.717) is 11.1 Å². The molecule has 17 heavy (non-hydrogen) atoms. The second-order valence-corrected chi connectivity index (χ2v) is 3.95. The Morgan fingerprint density at radius 3 is 2.18 bits per heavy atom. The van der Waals surface area contributed by atoms with Crippen LogP contribution in [0.15, 0.2) is 24.3 Å². The highest BCUT2D eigenvalue weighted by atomic mass is 16.4. The molecule has 3 N–H and O–H groups in total. The van der Waals surface area contributed by atoms with Crippen molar-refractivity contribution in [2.45, 2.75) is 5.92 Å². The van der Waals surface area contributed by atoms with Gasteiger partial charge in [-0.3, -0.25) is 9.59 Å². The Morgan fingerprint density at radius 1 is 1.29 bits per heavy atom. The van der Waals surface area contributed by atoms with Crippen molar-refractivity contribution in [3.05, 3.63) is 35.4 Å². The number of rotatable bonds is 4. The number of aliphatic carboxylic acids is 1. The molecule has 0 saturated heterocycles. The first-order valence-corrected chi connectivity index (χ1v) is 5.22. The topological polar surface area (TPSA) is 83.6 Å². The van der Waals surface area contributed by atoms with Crippen LogP contribution in [-0.2, 0) is 4.79 Å². The number of nitrogens with two attached hydrogens (primary N) is 1. The molecular formula is C12H16N2O3. The zero-order valence-electron chi connectivity index (χ0n) is 9.88. The van der Waals surface area contributed by atoms with E-state index in [4.69, 9.17) is 10.8 Å². The van der Waals surface area contributed by atoms with Crippen LogP contribution in [0.1, 0.15) is 21.8 Å². The van der Waals surface area contributed by atoms with Gasteiger partial charge in [0.25, 0.3) is 5.91 Å². The smallest absolute Gasteiger partial charge is 0.312 e. The fourth-order valence-electron chi connectivity index (χ4n) is 1.50. The molecule has 0 radical (unpaired) electrons. The average Bonchev–Trinajstić information content (AvgIpc) is 2.29. The predicted molar refractivity (Wildman–Crippen MR) is 63.9 cm³/mol. The summed E-state index contributed by atoms with van der Waals surface area (Å²) in [4.78, 5) is 24.0. The minimum atomic E-state index is -0.959. The summed E-state index contributed by atoms with van der Waals surface area (Å²) in [6, 6.07) is 6.48. The summed E-state index contributed by atoms with van der Waals surface area (Å²) >= 11 is 0. The predicted octanol–water partition coefficient (Wildman–Crippen LogP) is 0.515. The quantitative estimate of drug-likeness (QED) is 0.798. The third-order valence-electron chi connectivity index (χ3n) is 2.50. The van der Waals surface area contributed by atoms with Gasteiger partial charge in [0.05, 0.1) is 5.92 Å². The highest BCUT2D eigenvalue weighted by Crippen LogP contribution is 2.16. The van der Waals surface area contributed by atoms with Crippen molar-refractivity contribution in [1.29, 1.82) is 0 Å². The van der Waals surface area contributed by atoms with Gasteiger partial charge in [-0.2, -0.15) is 0 Å². The molecule has 0 aliphatic rings. The van der Waals surface area contributed by atoms with E-state index >= 15 is 0 Å². The molecule has 0 saturated carbocycles. The van der Waals surface area contributed by atoms with Crippen molar-refractivity contribution in [3.8, 4) is 0 Å². The number of hydrogen-bond acceptors (Lipinski definition) is 3. The normalized spacial score (nSPS) is 11.9. The zero-order valence-corrected chi connectivity index (χ0v) is 9.88. The van der Waals surface area contributed by atoms with Crippen LogP contribution in [0.25, 0.3) is 0 Å². The zero-order chi connectivity index (χ0) is 13.0. The van der Waals surface area contributed by atoms with Crippen LogP contribution in [0.3, 0.4) is 0 Å². The molecule has 1 amide bonds. The second kappa shape index (κ2) is 5.45. The number of nitrogens with zero attached hydrogens (tertiary/aromatic N) is 1. The fourth-order valence-corrected chi connectivity index (χ4v) is 1.50. The van der Waals surface area contributed by atoms with Gasteiger partial charge in [-0.25, -0.2) is 0 Å². The van der Waals surface area contributed by atoms with E-state index in [-0.39, 0.29) is 12.5 Å². The first-order valence-electron chi connectivity index (χ1n) is 5.22. The molecule has 0 aromatic heterocycles. The summed E-state index contributed by atoms with van der Waals surface area (Å²) in [5.74, 6) is -1.80. The molecule has 0 spiro atoms. The van der Waals surface area contributed by atoms with Gasteiger partial charge in [-0.1, -0.05) is 12.1 Å². The van der Waals surface area contributed by atoms with Gasteiger partial charge in [0, 0.05) is 26.2 Å². The van der Waals surface area contributed by atoms with Gasteiger partial charge in [-0.15, -0.1) is 0 Å². The Kier molecular flexibility index (Phi) is 4.23. The maximum Gasteiger partial charge on any atom is 0.312 e. The van der Waals surface area contributed by atoms with Crippen molar-refractivity contribution in [1.82, 2.24) is 4.90 Å². The molecule has 0 aliphatic heterocycles. The third-order valence-corrected chi connectivity index (χ3v) is 2.50. The molecule has 1 rings (SSSR count). The van der Waals surface area contributed by atoms with E-state index in [9.17, 15) is 9.59 Å². The minimum Gasteiger partial charge on any atom is -0.481 e. The number of hydrogen-bond donors (Lipinski definition) is 2. The Labute approximate surface area is 99.8 Å². The van der Waals surface area contributed by atoms with E-state index < -0.39 is 11.9 Å². The molecule has 0 bridgehead atoms. The largest absolute Gasteiger partial charge is 0.481 e. The number of benzene rings is 1. The monoisotopic (exact) mass is 236 g/mol. The second-order valence-electron chi connectivity index (χ2n) is 3.95. The highest BCUT2D eigenvalue weighted by molar-refractivity contribution is 5.94. The van der Waals surface area contributed by atoms with Crippen molar-refractivity contribution in [3.63, 3.8) is 0 Å². The lowest BCUT2D eigenvalue weighted by atomic mass is 9.98. The first kappa shape index (κ1) is 13.2. The number of carbonyl (C=O) groups excluding carboxylic acids is 1. The van der Waals surface area contributed by atoms with Gasteiger partial charge in [0.2, 0.25) is 0 Å². The summed E-state index contributed by atoms with van der Waals surface area (Å²) in [5, 5.41) is 8.94. The molecule has 1 atom stereocenters. The van der Waals surface area contributed by atoms with E-state index in [2.05, 4.69) is 0 Å². The van der Waals surface area contributed by atoms with E-state index in [0.717, 1.165) is 0 Å². The number of carboxylic acid groups (broad SMARTS) is 1. The third kappa shape index (κ3) is 3.04. The lowest BCUT2D eigenvalue weighted by molar-refractivity contribution is -0.138. The van der Waals surface area contributed by atoms with Crippen molar-refractivity contribution in [2.24, 2.45) is 5.73 Å². The molecule has 1 unspecified atom stereocenters. The fraction of sp³-hybridized carbons (Fsp3) is 0.333. The maximum absolute atomic E-state index is 11.6. The first-order chi connectivity index (χ1) is 7.97. The van der Waals surface area contributed by atoms with Gasteiger partial charge in [-0.05, 0) is 17.7 Å². The van der Waals surface area contributed by atoms with Crippen molar-refractivity contribution < 1.29 is 14.7 Å². The van der Waals surface area contributed by atoms with Gasteiger partial charge < -0.3 is 15.7 Å². The van der Waals surface area contributed by atoms with Crippen LogP contribution in [0, 0.1) is 0 Å². The van der Waals surface area contributed by atoms with Crippen LogP contribution >= 0.6 is 0 Å². The van der Waals surface area contributed by atoms with Crippen LogP contribution in [0.4, 0.5) is 0 Å². The van der Waals surface area contributed by atoms with Crippen LogP contribution in [0.5, 0.6) is 0 Å². The van der Waals surface area contributed by atoms with E-state index in [1.165, 1.54) is 4.90 Å². The molecule has 1 aromatic rings. The highest BCUT2D eigenvalue weighted by Gasteiger charge is 2.18. The molecule has 0 aliphatic carbocycles. The molecular weight excluding hydrogens is 220 g/mol. The van der Waals surface area contributed by atoms with Crippen molar-refractivity contribution >= 4 is 11.9 Å². The Morgan fingerprint density at radius 2 is 1.82 bits per heavy atom. The number of carbonyl (C=O) groups is 2. The lowest BCUT2D eigenvalue weighted by Crippen LogP contribution is -2.23. The Hall–Kier alpha value is -1.88. The number of carboxylic acids is 1. The SMILES string of the molecule is CN(C)C(=O)c1ccc(C(CN)C(=O)O)cc1. The molecule has 5 heteroatoms. The van der Waals surface area contributed by atoms with Crippen LogP contribution in [-0.4, -0.2) is 42.5 Å². The van der Waals surface area contributed by atoms with Gasteiger partial charge >= 0.3 is 5.97 Å². The summed E-state index contributed by atoms with van der Waals surface area (Å²) in [5.41, 5.74) is 6.53. The van der Waals surface area contributed by atoms with E-state index in [1.54, 1.807) is 38.4 Å². The van der Waals surface area contributed by atoms with Gasteiger partial charge in [0.1, 0.15) is 0 Å². The number of amides is 1. The summed E-state index contributed by atoms with van der Waals surface area (Å²) in [7, 11) is 3.33. The summed E-state index contributed by atoms with van der Waals surface area (Å²) in [6.07, 6.45) is 0. The standard InChI is InChI=1S/C12H16N2O3/c1-14(2)11(15)9-5-3-8(4-6-9)10(7-13)12(16)17/h3-6,10H,7,13H2,1-2H3,(H,16,17). The Balaban J connectivity index is 2.95. The van der Waals surface area contributed by atoms with Crippen LogP contribution < -0.4 is 5.73 Å². The Bertz CT molecular complexity index is 412. The van der Waals surface area contributed by atoms with Gasteiger partial charge in [0.15, 0.2) is 0 Å². The molecule has 1 aromatic carbocycles. The maximum atomic E-state index is 11.6. The molecule has 0 heterocycles. The molecule has 92 valence electrons. The van der Waals surface area contributed by atoms with E-state index in [1.807, 2.05) is 0 Å². The average molecular weight is 236 g/mol. The van der Waals surface area contributed by atoms with Crippen molar-refractivity contribution in [2.75, 3.05) is 20.6 Å². The lowest BCUT2D eigenvalue weighted by Gasteiger charge is -2.12. The van der Waals surface area contributed by atoms with Crippen LogP contribution in [0.2, 0.25) is 0 Å². The summed E-state index contributed by atoms with van der Waals surface area (Å²) < 4.78 is 0.